The molecule has 0 bridgehead atoms. The number of aliphatic imine (C=N–C) groups is 1. The van der Waals surface area contributed by atoms with E-state index in [-0.39, 0.29) is 17.6 Å². The first-order valence-corrected chi connectivity index (χ1v) is 10.7. The molecule has 3 aromatic rings. The van der Waals surface area contributed by atoms with Gasteiger partial charge in [0.05, 0.1) is 0 Å². The lowest BCUT2D eigenvalue weighted by Gasteiger charge is -2.24. The Morgan fingerprint density at radius 3 is 2.84 bits per heavy atom. The summed E-state index contributed by atoms with van der Waals surface area (Å²) in [6.45, 7) is 1.29. The van der Waals surface area contributed by atoms with Crippen molar-refractivity contribution < 1.29 is 9.18 Å². The Bertz CT molecular complexity index is 1090. The number of guanidine groups is 1. The van der Waals surface area contributed by atoms with Gasteiger partial charge in [-0.15, -0.1) is 0 Å². The zero-order chi connectivity index (χ0) is 21.6. The highest BCUT2D eigenvalue weighted by Gasteiger charge is 2.25. The van der Waals surface area contributed by atoms with Crippen LogP contribution in [0.25, 0.3) is 10.9 Å². The number of halogens is 1. The summed E-state index contributed by atoms with van der Waals surface area (Å²) in [5.41, 5.74) is 3.83. The zero-order valence-corrected chi connectivity index (χ0v) is 17.7. The van der Waals surface area contributed by atoms with Gasteiger partial charge < -0.3 is 20.9 Å². The molecule has 0 saturated heterocycles. The molecule has 1 fully saturated rings. The van der Waals surface area contributed by atoms with Crippen molar-refractivity contribution in [3.05, 3.63) is 65.6 Å². The van der Waals surface area contributed by atoms with Crippen molar-refractivity contribution in [3.63, 3.8) is 0 Å². The highest BCUT2D eigenvalue weighted by Crippen LogP contribution is 2.27. The molecule has 1 saturated carbocycles. The quantitative estimate of drug-likeness (QED) is 0.344. The molecule has 0 radical (unpaired) electrons. The molecular weight excluding hydrogens is 393 g/mol. The van der Waals surface area contributed by atoms with E-state index in [1.165, 1.54) is 12.1 Å². The molecule has 1 aliphatic carbocycles. The van der Waals surface area contributed by atoms with Crippen LogP contribution in [0, 0.1) is 11.7 Å². The van der Waals surface area contributed by atoms with E-state index in [0.29, 0.717) is 19.0 Å². The van der Waals surface area contributed by atoms with Crippen molar-refractivity contribution in [1.82, 2.24) is 15.6 Å². The van der Waals surface area contributed by atoms with Gasteiger partial charge in [-0.1, -0.05) is 18.6 Å². The summed E-state index contributed by atoms with van der Waals surface area (Å²) in [6, 6.07) is 12.7. The van der Waals surface area contributed by atoms with Gasteiger partial charge in [-0.05, 0) is 60.7 Å². The summed E-state index contributed by atoms with van der Waals surface area (Å²) in [5.74, 6) is 0.750. The maximum atomic E-state index is 13.3. The average Bonchev–Trinajstić information content (AvgIpc) is 3.11. The van der Waals surface area contributed by atoms with Crippen LogP contribution in [0.1, 0.15) is 30.4 Å². The van der Waals surface area contributed by atoms with Crippen LogP contribution in [0.15, 0.2) is 53.7 Å². The Balaban J connectivity index is 1.26. The molecule has 4 N–H and O–H groups in total. The second-order valence-corrected chi connectivity index (χ2v) is 7.92. The second kappa shape index (κ2) is 9.64. The Labute approximate surface area is 181 Å². The molecule has 2 aromatic carbocycles. The number of aromatic nitrogens is 1. The molecule has 6 nitrogen and oxygen atoms in total. The number of aromatic amines is 1. The normalized spacial score (nSPS) is 14.3. The summed E-state index contributed by atoms with van der Waals surface area (Å²) in [6.07, 6.45) is 5.84. The standard InChI is InChI=1S/C24H28FN5O/c1-26-24(27-11-10-18-15-28-22-13-19(25)8-9-21(18)22)29-14-16-4-2-7-20(12-16)30-23(31)17-5-3-6-17/h2,4,7-9,12-13,15,17,28H,3,5-6,10-11,14H2,1H3,(H,30,31)(H2,26,27,29). The van der Waals surface area contributed by atoms with Gasteiger partial charge in [0.15, 0.2) is 5.96 Å². The van der Waals surface area contributed by atoms with Crippen molar-refractivity contribution in [2.24, 2.45) is 10.9 Å². The lowest BCUT2D eigenvalue weighted by atomic mass is 9.85. The van der Waals surface area contributed by atoms with Crippen LogP contribution < -0.4 is 16.0 Å². The lowest BCUT2D eigenvalue weighted by molar-refractivity contribution is -0.122. The molecule has 0 aliphatic heterocycles. The molecule has 1 heterocycles. The molecule has 162 valence electrons. The van der Waals surface area contributed by atoms with Crippen molar-refractivity contribution in [2.75, 3.05) is 18.9 Å². The number of rotatable bonds is 7. The molecular formula is C24H28FN5O. The average molecular weight is 422 g/mol. The van der Waals surface area contributed by atoms with Crippen LogP contribution in [0.2, 0.25) is 0 Å². The fourth-order valence-corrected chi connectivity index (χ4v) is 3.76. The van der Waals surface area contributed by atoms with Crippen LogP contribution in [0.5, 0.6) is 0 Å². The monoisotopic (exact) mass is 421 g/mol. The van der Waals surface area contributed by atoms with Crippen LogP contribution in [-0.2, 0) is 17.8 Å². The van der Waals surface area contributed by atoms with E-state index in [4.69, 9.17) is 0 Å². The van der Waals surface area contributed by atoms with Gasteiger partial charge in [0, 0.05) is 48.8 Å². The minimum absolute atomic E-state index is 0.119. The van der Waals surface area contributed by atoms with Crippen LogP contribution >= 0.6 is 0 Å². The summed E-state index contributed by atoms with van der Waals surface area (Å²) in [5, 5.41) is 10.7. The molecule has 1 aliphatic rings. The number of nitrogens with one attached hydrogen (secondary N) is 4. The minimum atomic E-state index is -0.240. The summed E-state index contributed by atoms with van der Waals surface area (Å²) in [4.78, 5) is 19.5. The Morgan fingerprint density at radius 2 is 2.06 bits per heavy atom. The molecule has 4 rings (SSSR count). The van der Waals surface area contributed by atoms with Gasteiger partial charge in [0.2, 0.25) is 5.91 Å². The predicted octanol–water partition coefficient (Wildman–Crippen LogP) is 3.95. The Morgan fingerprint density at radius 1 is 1.19 bits per heavy atom. The zero-order valence-electron chi connectivity index (χ0n) is 17.7. The van der Waals surface area contributed by atoms with Gasteiger partial charge in [-0.2, -0.15) is 0 Å². The third-order valence-corrected chi connectivity index (χ3v) is 5.77. The smallest absolute Gasteiger partial charge is 0.227 e. The molecule has 0 spiro atoms. The molecule has 1 amide bonds. The van der Waals surface area contributed by atoms with E-state index < -0.39 is 0 Å². The number of carbonyl (C=O) groups excluding carboxylic acids is 1. The fraction of sp³-hybridized carbons (Fsp3) is 0.333. The van der Waals surface area contributed by atoms with Crippen molar-refractivity contribution in [1.29, 1.82) is 0 Å². The number of amides is 1. The van der Waals surface area contributed by atoms with Gasteiger partial charge in [-0.3, -0.25) is 9.79 Å². The van der Waals surface area contributed by atoms with Crippen LogP contribution in [-0.4, -0.2) is 30.4 Å². The van der Waals surface area contributed by atoms with Crippen LogP contribution in [0.4, 0.5) is 10.1 Å². The Kier molecular flexibility index (Phi) is 6.50. The molecule has 1 aromatic heterocycles. The number of hydrogen-bond acceptors (Lipinski definition) is 2. The van der Waals surface area contributed by atoms with Gasteiger partial charge >= 0.3 is 0 Å². The first kappa shape index (κ1) is 20.9. The third kappa shape index (κ3) is 5.23. The Hall–Kier alpha value is -3.35. The van der Waals surface area contributed by atoms with E-state index >= 15 is 0 Å². The maximum Gasteiger partial charge on any atom is 0.227 e. The second-order valence-electron chi connectivity index (χ2n) is 7.92. The first-order chi connectivity index (χ1) is 15.1. The highest BCUT2D eigenvalue weighted by molar-refractivity contribution is 5.93. The van der Waals surface area contributed by atoms with Crippen molar-refractivity contribution in [3.8, 4) is 0 Å². The van der Waals surface area contributed by atoms with Crippen molar-refractivity contribution in [2.45, 2.75) is 32.2 Å². The molecule has 0 atom stereocenters. The molecule has 7 heteroatoms. The van der Waals surface area contributed by atoms with Gasteiger partial charge in [0.25, 0.3) is 0 Å². The number of fused-ring (bicyclic) bond motifs is 1. The van der Waals surface area contributed by atoms with E-state index in [0.717, 1.165) is 53.4 Å². The number of nitrogens with zero attached hydrogens (tertiary/aromatic N) is 1. The maximum absolute atomic E-state index is 13.3. The van der Waals surface area contributed by atoms with E-state index in [9.17, 15) is 9.18 Å². The van der Waals surface area contributed by atoms with Crippen LogP contribution in [0.3, 0.4) is 0 Å². The lowest BCUT2D eigenvalue weighted by Crippen LogP contribution is -2.37. The van der Waals surface area contributed by atoms with E-state index in [1.807, 2.05) is 30.5 Å². The summed E-state index contributed by atoms with van der Waals surface area (Å²) < 4.78 is 13.3. The summed E-state index contributed by atoms with van der Waals surface area (Å²) in [7, 11) is 1.74. The number of benzene rings is 2. The largest absolute Gasteiger partial charge is 0.361 e. The molecule has 0 unspecified atom stereocenters. The third-order valence-electron chi connectivity index (χ3n) is 5.77. The number of carbonyl (C=O) groups is 1. The predicted molar refractivity (Wildman–Crippen MR) is 123 cm³/mol. The van der Waals surface area contributed by atoms with E-state index in [1.54, 1.807) is 13.1 Å². The fourth-order valence-electron chi connectivity index (χ4n) is 3.76. The van der Waals surface area contributed by atoms with Gasteiger partial charge in [0.1, 0.15) is 5.82 Å². The topological polar surface area (TPSA) is 81.3 Å². The number of hydrogen-bond donors (Lipinski definition) is 4. The van der Waals surface area contributed by atoms with Gasteiger partial charge in [-0.25, -0.2) is 4.39 Å². The van der Waals surface area contributed by atoms with E-state index in [2.05, 4.69) is 25.9 Å². The summed E-state index contributed by atoms with van der Waals surface area (Å²) >= 11 is 0. The highest BCUT2D eigenvalue weighted by atomic mass is 19.1. The van der Waals surface area contributed by atoms with Crippen molar-refractivity contribution >= 4 is 28.5 Å². The number of anilines is 1. The number of H-pyrrole nitrogens is 1. The SMILES string of the molecule is CN=C(NCCc1c[nH]c2cc(F)ccc12)NCc1cccc(NC(=O)C2CCC2)c1. The molecule has 31 heavy (non-hydrogen) atoms. The minimum Gasteiger partial charge on any atom is -0.361 e. The first-order valence-electron chi connectivity index (χ1n) is 10.7.